The van der Waals surface area contributed by atoms with E-state index in [-0.39, 0.29) is 6.10 Å². The number of aromatic nitrogens is 2. The van der Waals surface area contributed by atoms with Gasteiger partial charge in [-0.1, -0.05) is 11.6 Å². The molecule has 2 aromatic rings. The summed E-state index contributed by atoms with van der Waals surface area (Å²) in [6, 6.07) is 0. The van der Waals surface area contributed by atoms with Gasteiger partial charge in [-0.2, -0.15) is 0 Å². The van der Waals surface area contributed by atoms with Crippen LogP contribution in [0.5, 0.6) is 5.88 Å². The lowest BCUT2D eigenvalue weighted by Crippen LogP contribution is -2.07. The molecule has 74 valence electrons. The van der Waals surface area contributed by atoms with Crippen LogP contribution < -0.4 is 4.74 Å². The zero-order valence-corrected chi connectivity index (χ0v) is 9.39. The van der Waals surface area contributed by atoms with Crippen LogP contribution in [-0.4, -0.2) is 16.1 Å². The van der Waals surface area contributed by atoms with E-state index >= 15 is 0 Å². The minimum Gasteiger partial charge on any atom is -0.474 e. The van der Waals surface area contributed by atoms with Crippen LogP contribution in [0.2, 0.25) is 5.02 Å². The Morgan fingerprint density at radius 1 is 1.43 bits per heavy atom. The predicted octanol–water partition coefficient (Wildman–Crippen LogP) is 3.13. The topological polar surface area (TPSA) is 35.0 Å². The van der Waals surface area contributed by atoms with E-state index in [0.29, 0.717) is 10.9 Å². The van der Waals surface area contributed by atoms with E-state index in [1.54, 1.807) is 0 Å². The lowest BCUT2D eigenvalue weighted by Gasteiger charge is -2.08. The normalized spacial score (nSPS) is 11.1. The number of fused-ring (bicyclic) bond motifs is 1. The Hall–Kier alpha value is -0.870. The van der Waals surface area contributed by atoms with E-state index in [2.05, 4.69) is 9.97 Å². The molecule has 0 aliphatic carbocycles. The standard InChI is InChI=1S/C9H9ClN2OS/c1-5(2)13-8-7-6(10)3-14-9(7)12-4-11-8/h3-5H,1-2H3. The van der Waals surface area contributed by atoms with Crippen molar-refractivity contribution in [2.75, 3.05) is 0 Å². The van der Waals surface area contributed by atoms with E-state index in [0.717, 1.165) is 10.2 Å². The Kier molecular flexibility index (Phi) is 2.56. The summed E-state index contributed by atoms with van der Waals surface area (Å²) in [5.41, 5.74) is 0. The first-order chi connectivity index (χ1) is 6.68. The largest absolute Gasteiger partial charge is 0.474 e. The molecule has 0 aliphatic rings. The van der Waals surface area contributed by atoms with Crippen molar-refractivity contribution >= 4 is 33.2 Å². The highest BCUT2D eigenvalue weighted by Crippen LogP contribution is 2.34. The molecule has 0 saturated heterocycles. The minimum atomic E-state index is 0.0871. The number of nitrogens with zero attached hydrogens (tertiary/aromatic N) is 2. The van der Waals surface area contributed by atoms with Gasteiger partial charge in [0.2, 0.25) is 5.88 Å². The maximum Gasteiger partial charge on any atom is 0.227 e. The molecule has 0 amide bonds. The third kappa shape index (κ3) is 1.67. The van der Waals surface area contributed by atoms with E-state index in [4.69, 9.17) is 16.3 Å². The van der Waals surface area contributed by atoms with Crippen molar-refractivity contribution in [2.45, 2.75) is 20.0 Å². The highest BCUT2D eigenvalue weighted by atomic mass is 35.5. The molecule has 0 spiro atoms. The average Bonchev–Trinajstić information content (AvgIpc) is 2.48. The van der Waals surface area contributed by atoms with E-state index in [9.17, 15) is 0 Å². The molecule has 0 aromatic carbocycles. The number of hydrogen-bond donors (Lipinski definition) is 0. The van der Waals surface area contributed by atoms with Crippen LogP contribution in [0.1, 0.15) is 13.8 Å². The first-order valence-corrected chi connectivity index (χ1v) is 5.48. The molecule has 0 fully saturated rings. The fourth-order valence-electron chi connectivity index (χ4n) is 1.13. The zero-order chi connectivity index (χ0) is 10.1. The van der Waals surface area contributed by atoms with Crippen LogP contribution in [0, 0.1) is 0 Å². The van der Waals surface area contributed by atoms with Gasteiger partial charge in [0, 0.05) is 5.38 Å². The molecule has 14 heavy (non-hydrogen) atoms. The van der Waals surface area contributed by atoms with Gasteiger partial charge in [0.25, 0.3) is 0 Å². The number of ether oxygens (including phenoxy) is 1. The fourth-order valence-corrected chi connectivity index (χ4v) is 2.24. The summed E-state index contributed by atoms with van der Waals surface area (Å²) < 4.78 is 5.54. The molecular weight excluding hydrogens is 220 g/mol. The summed E-state index contributed by atoms with van der Waals surface area (Å²) in [5.74, 6) is 0.566. The molecule has 0 saturated carbocycles. The van der Waals surface area contributed by atoms with Gasteiger partial charge in [0.15, 0.2) is 0 Å². The van der Waals surface area contributed by atoms with Crippen molar-refractivity contribution in [2.24, 2.45) is 0 Å². The highest BCUT2D eigenvalue weighted by molar-refractivity contribution is 7.17. The van der Waals surface area contributed by atoms with Crippen molar-refractivity contribution in [1.82, 2.24) is 9.97 Å². The molecule has 0 bridgehead atoms. The van der Waals surface area contributed by atoms with Gasteiger partial charge < -0.3 is 4.74 Å². The smallest absolute Gasteiger partial charge is 0.227 e. The van der Waals surface area contributed by atoms with Gasteiger partial charge in [0.05, 0.1) is 16.5 Å². The quantitative estimate of drug-likeness (QED) is 0.792. The molecule has 0 unspecified atom stereocenters. The number of rotatable bonds is 2. The third-order valence-electron chi connectivity index (χ3n) is 1.64. The number of thiophene rings is 1. The molecule has 0 radical (unpaired) electrons. The zero-order valence-electron chi connectivity index (χ0n) is 7.82. The van der Waals surface area contributed by atoms with E-state index in [1.807, 2.05) is 19.2 Å². The van der Waals surface area contributed by atoms with Crippen LogP contribution >= 0.6 is 22.9 Å². The van der Waals surface area contributed by atoms with Crippen molar-refractivity contribution in [3.05, 3.63) is 16.7 Å². The van der Waals surface area contributed by atoms with Gasteiger partial charge in [0.1, 0.15) is 11.2 Å². The van der Waals surface area contributed by atoms with Crippen molar-refractivity contribution in [1.29, 1.82) is 0 Å². The summed E-state index contributed by atoms with van der Waals surface area (Å²) in [4.78, 5) is 9.04. The Bertz CT molecular complexity index is 455. The van der Waals surface area contributed by atoms with Gasteiger partial charge in [-0.05, 0) is 13.8 Å². The maximum absolute atomic E-state index is 6.01. The van der Waals surface area contributed by atoms with Gasteiger partial charge >= 0.3 is 0 Å². The third-order valence-corrected chi connectivity index (χ3v) is 2.95. The monoisotopic (exact) mass is 228 g/mol. The van der Waals surface area contributed by atoms with Crippen LogP contribution in [0.25, 0.3) is 10.2 Å². The first-order valence-electron chi connectivity index (χ1n) is 4.23. The summed E-state index contributed by atoms with van der Waals surface area (Å²) in [6.45, 7) is 3.91. The van der Waals surface area contributed by atoms with Crippen molar-refractivity contribution < 1.29 is 4.74 Å². The molecule has 0 N–H and O–H groups in total. The number of halogens is 1. The minimum absolute atomic E-state index is 0.0871. The lowest BCUT2D eigenvalue weighted by molar-refractivity contribution is 0.236. The van der Waals surface area contributed by atoms with Crippen LogP contribution in [0.3, 0.4) is 0 Å². The van der Waals surface area contributed by atoms with Crippen molar-refractivity contribution in [3.8, 4) is 5.88 Å². The Labute approximate surface area is 90.7 Å². The molecule has 2 aromatic heterocycles. The molecule has 2 rings (SSSR count). The molecular formula is C9H9ClN2OS. The lowest BCUT2D eigenvalue weighted by atomic mass is 10.4. The Morgan fingerprint density at radius 2 is 2.21 bits per heavy atom. The fraction of sp³-hybridized carbons (Fsp3) is 0.333. The second kappa shape index (κ2) is 3.71. The molecule has 5 heteroatoms. The molecule has 0 aliphatic heterocycles. The van der Waals surface area contributed by atoms with E-state index < -0.39 is 0 Å². The summed E-state index contributed by atoms with van der Waals surface area (Å²) in [6.07, 6.45) is 1.58. The highest BCUT2D eigenvalue weighted by Gasteiger charge is 2.11. The predicted molar refractivity (Wildman–Crippen MR) is 58.2 cm³/mol. The first kappa shape index (κ1) is 9.68. The molecule has 0 atom stereocenters. The van der Waals surface area contributed by atoms with Crippen molar-refractivity contribution in [3.63, 3.8) is 0 Å². The second-order valence-electron chi connectivity index (χ2n) is 3.11. The van der Waals surface area contributed by atoms with Gasteiger partial charge in [-0.3, -0.25) is 0 Å². The second-order valence-corrected chi connectivity index (χ2v) is 4.37. The summed E-state index contributed by atoms with van der Waals surface area (Å²) >= 11 is 7.50. The number of hydrogen-bond acceptors (Lipinski definition) is 4. The van der Waals surface area contributed by atoms with Gasteiger partial charge in [-0.15, -0.1) is 11.3 Å². The summed E-state index contributed by atoms with van der Waals surface area (Å²) in [5, 5.41) is 3.31. The van der Waals surface area contributed by atoms with Gasteiger partial charge in [-0.25, -0.2) is 9.97 Å². The Morgan fingerprint density at radius 3 is 2.93 bits per heavy atom. The summed E-state index contributed by atoms with van der Waals surface area (Å²) in [7, 11) is 0. The van der Waals surface area contributed by atoms with Crippen LogP contribution in [-0.2, 0) is 0 Å². The average molecular weight is 229 g/mol. The maximum atomic E-state index is 6.01. The molecule has 2 heterocycles. The van der Waals surface area contributed by atoms with Crippen LogP contribution in [0.15, 0.2) is 11.7 Å². The Balaban J connectivity index is 2.57. The van der Waals surface area contributed by atoms with E-state index in [1.165, 1.54) is 17.7 Å². The van der Waals surface area contributed by atoms with Crippen LogP contribution in [0.4, 0.5) is 0 Å². The SMILES string of the molecule is CC(C)Oc1ncnc2scc(Cl)c12. The molecule has 3 nitrogen and oxygen atoms in total.